The average Bonchev–Trinajstić information content (AvgIpc) is 2.04. The molecule has 1 fully saturated rings. The van der Waals surface area contributed by atoms with Crippen molar-refractivity contribution in [2.75, 3.05) is 6.54 Å². The molecule has 5 heteroatoms. The molecule has 0 radical (unpaired) electrons. The van der Waals surface area contributed by atoms with Gasteiger partial charge in [-0.15, -0.1) is 0 Å². The molecule has 1 N–H and O–H groups in total. The molecular weight excluding hydrogens is 164 g/mol. The highest BCUT2D eigenvalue weighted by Crippen LogP contribution is 2.14. The first-order chi connectivity index (χ1) is 4.93. The number of hydrogen-bond acceptors (Lipinski definition) is 2. The van der Waals surface area contributed by atoms with Crippen LogP contribution in [0.4, 0.5) is 0 Å². The standard InChI is InChI=1S/C6H12N2O2S/c1-5(2)8-4-6(3)7-11(8,9)10/h5,7H,3-4H2,1-2H3. The van der Waals surface area contributed by atoms with E-state index in [1.165, 1.54) is 4.31 Å². The minimum absolute atomic E-state index is 0.00764. The Labute approximate surface area is 67.1 Å². The van der Waals surface area contributed by atoms with Gasteiger partial charge in [0.2, 0.25) is 0 Å². The van der Waals surface area contributed by atoms with E-state index in [-0.39, 0.29) is 6.04 Å². The molecular formula is C6H12N2O2S. The summed E-state index contributed by atoms with van der Waals surface area (Å²) in [5.74, 6) is 0. The fraction of sp³-hybridized carbons (Fsp3) is 0.667. The van der Waals surface area contributed by atoms with E-state index in [0.29, 0.717) is 12.2 Å². The van der Waals surface area contributed by atoms with E-state index in [9.17, 15) is 8.42 Å². The smallest absolute Gasteiger partial charge is 0.274 e. The Hall–Kier alpha value is -0.550. The summed E-state index contributed by atoms with van der Waals surface area (Å²) >= 11 is 0. The van der Waals surface area contributed by atoms with Crippen LogP contribution in [0.25, 0.3) is 0 Å². The van der Waals surface area contributed by atoms with Gasteiger partial charge in [-0.2, -0.15) is 12.7 Å². The highest BCUT2D eigenvalue weighted by molar-refractivity contribution is 7.87. The van der Waals surface area contributed by atoms with Crippen LogP contribution in [0.5, 0.6) is 0 Å². The van der Waals surface area contributed by atoms with Crippen LogP contribution in [0.3, 0.4) is 0 Å². The lowest BCUT2D eigenvalue weighted by Gasteiger charge is -2.15. The average molecular weight is 176 g/mol. The molecule has 0 aliphatic carbocycles. The molecule has 0 aromatic heterocycles. The van der Waals surface area contributed by atoms with Gasteiger partial charge in [-0.05, 0) is 13.8 Å². The van der Waals surface area contributed by atoms with Crippen LogP contribution >= 0.6 is 0 Å². The zero-order chi connectivity index (χ0) is 8.65. The minimum Gasteiger partial charge on any atom is -0.274 e. The van der Waals surface area contributed by atoms with Crippen molar-refractivity contribution in [1.29, 1.82) is 0 Å². The SMILES string of the molecule is C=C1CN(C(C)C)S(=O)(=O)N1. The summed E-state index contributed by atoms with van der Waals surface area (Å²) < 4.78 is 26.0. The normalized spacial score (nSPS) is 24.1. The largest absolute Gasteiger partial charge is 0.302 e. The van der Waals surface area contributed by atoms with E-state index in [2.05, 4.69) is 11.3 Å². The minimum atomic E-state index is -3.25. The third kappa shape index (κ3) is 1.54. The number of rotatable bonds is 1. The Bertz CT molecular complexity index is 268. The Kier molecular flexibility index (Phi) is 1.94. The Morgan fingerprint density at radius 2 is 2.18 bits per heavy atom. The monoisotopic (exact) mass is 176 g/mol. The predicted octanol–water partition coefficient (Wildman–Crippen LogP) is 0.0585. The summed E-state index contributed by atoms with van der Waals surface area (Å²) in [7, 11) is -3.25. The molecule has 0 bridgehead atoms. The first kappa shape index (κ1) is 8.55. The van der Waals surface area contributed by atoms with Gasteiger partial charge in [-0.3, -0.25) is 4.72 Å². The molecule has 11 heavy (non-hydrogen) atoms. The molecule has 0 saturated carbocycles. The van der Waals surface area contributed by atoms with Gasteiger partial charge in [-0.25, -0.2) is 0 Å². The van der Waals surface area contributed by atoms with Crippen LogP contribution < -0.4 is 4.72 Å². The van der Waals surface area contributed by atoms with Gasteiger partial charge in [0, 0.05) is 11.7 Å². The molecule has 1 aliphatic heterocycles. The first-order valence-corrected chi connectivity index (χ1v) is 4.85. The van der Waals surface area contributed by atoms with E-state index in [1.54, 1.807) is 0 Å². The van der Waals surface area contributed by atoms with Crippen LogP contribution in [0.1, 0.15) is 13.8 Å². The molecule has 0 unspecified atom stereocenters. The lowest BCUT2D eigenvalue weighted by molar-refractivity contribution is 0.394. The number of nitrogens with one attached hydrogen (secondary N) is 1. The molecule has 1 heterocycles. The van der Waals surface area contributed by atoms with Crippen LogP contribution in [0, 0.1) is 0 Å². The zero-order valence-corrected chi connectivity index (χ0v) is 7.48. The first-order valence-electron chi connectivity index (χ1n) is 3.41. The van der Waals surface area contributed by atoms with Gasteiger partial charge in [-0.1, -0.05) is 6.58 Å². The Balaban J connectivity index is 2.92. The summed E-state index contributed by atoms with van der Waals surface area (Å²) in [6.07, 6.45) is 0. The summed E-state index contributed by atoms with van der Waals surface area (Å²) in [4.78, 5) is 0. The second kappa shape index (κ2) is 2.49. The highest BCUT2D eigenvalue weighted by Gasteiger charge is 2.31. The van der Waals surface area contributed by atoms with Gasteiger partial charge in [0.25, 0.3) is 0 Å². The molecule has 0 amide bonds. The molecule has 0 aromatic rings. The molecule has 1 aliphatic rings. The van der Waals surface area contributed by atoms with Crippen molar-refractivity contribution >= 4 is 10.2 Å². The molecule has 0 aromatic carbocycles. The van der Waals surface area contributed by atoms with Crippen LogP contribution in [-0.4, -0.2) is 25.3 Å². The third-order valence-corrected chi connectivity index (χ3v) is 3.22. The van der Waals surface area contributed by atoms with Crippen molar-refractivity contribution in [2.24, 2.45) is 0 Å². The van der Waals surface area contributed by atoms with E-state index in [0.717, 1.165) is 0 Å². The van der Waals surface area contributed by atoms with E-state index < -0.39 is 10.2 Å². The summed E-state index contributed by atoms with van der Waals surface area (Å²) in [6.45, 7) is 7.60. The molecule has 0 atom stereocenters. The van der Waals surface area contributed by atoms with Gasteiger partial charge in [0.1, 0.15) is 0 Å². The topological polar surface area (TPSA) is 49.4 Å². The van der Waals surface area contributed by atoms with E-state index >= 15 is 0 Å². The second-order valence-corrected chi connectivity index (χ2v) is 4.47. The van der Waals surface area contributed by atoms with Gasteiger partial charge < -0.3 is 0 Å². The molecule has 1 saturated heterocycles. The summed E-state index contributed by atoms with van der Waals surface area (Å²) in [6, 6.07) is -0.00764. The lowest BCUT2D eigenvalue weighted by atomic mass is 10.4. The van der Waals surface area contributed by atoms with Crippen molar-refractivity contribution < 1.29 is 8.42 Å². The maximum atomic E-state index is 11.2. The van der Waals surface area contributed by atoms with Crippen molar-refractivity contribution in [3.05, 3.63) is 12.3 Å². The van der Waals surface area contributed by atoms with Crippen LogP contribution in [0.15, 0.2) is 12.3 Å². The van der Waals surface area contributed by atoms with E-state index in [1.807, 2.05) is 13.8 Å². The summed E-state index contributed by atoms with van der Waals surface area (Å²) in [5.41, 5.74) is 0.540. The maximum absolute atomic E-state index is 11.2. The second-order valence-electron chi connectivity index (χ2n) is 2.85. The lowest BCUT2D eigenvalue weighted by Crippen LogP contribution is -2.34. The van der Waals surface area contributed by atoms with Crippen molar-refractivity contribution in [2.45, 2.75) is 19.9 Å². The fourth-order valence-corrected chi connectivity index (χ4v) is 2.43. The molecule has 0 spiro atoms. The van der Waals surface area contributed by atoms with Crippen LogP contribution in [-0.2, 0) is 10.2 Å². The van der Waals surface area contributed by atoms with Gasteiger partial charge in [0.15, 0.2) is 0 Å². The number of hydrogen-bond donors (Lipinski definition) is 1. The Morgan fingerprint density at radius 3 is 2.36 bits per heavy atom. The van der Waals surface area contributed by atoms with Crippen molar-refractivity contribution in [1.82, 2.24) is 9.03 Å². The van der Waals surface area contributed by atoms with Crippen LogP contribution in [0.2, 0.25) is 0 Å². The fourth-order valence-electron chi connectivity index (χ4n) is 1.01. The zero-order valence-electron chi connectivity index (χ0n) is 6.66. The highest BCUT2D eigenvalue weighted by atomic mass is 32.2. The predicted molar refractivity (Wildman–Crippen MR) is 43.0 cm³/mol. The third-order valence-electron chi connectivity index (χ3n) is 1.50. The molecule has 1 rings (SSSR count). The Morgan fingerprint density at radius 1 is 1.64 bits per heavy atom. The number of nitrogens with zero attached hydrogens (tertiary/aromatic N) is 1. The molecule has 4 nitrogen and oxygen atoms in total. The quantitative estimate of drug-likeness (QED) is 0.614. The summed E-state index contributed by atoms with van der Waals surface area (Å²) in [5, 5.41) is 0. The van der Waals surface area contributed by atoms with Gasteiger partial charge in [0.05, 0.1) is 6.54 Å². The maximum Gasteiger partial charge on any atom is 0.302 e. The molecule has 64 valence electrons. The van der Waals surface area contributed by atoms with E-state index in [4.69, 9.17) is 0 Å². The van der Waals surface area contributed by atoms with Gasteiger partial charge >= 0.3 is 10.2 Å². The van der Waals surface area contributed by atoms with Crippen molar-refractivity contribution in [3.8, 4) is 0 Å². The van der Waals surface area contributed by atoms with Crippen molar-refractivity contribution in [3.63, 3.8) is 0 Å².